The number of aromatic nitrogens is 3. The lowest BCUT2D eigenvalue weighted by molar-refractivity contribution is 0.449. The van der Waals surface area contributed by atoms with Crippen molar-refractivity contribution in [1.29, 1.82) is 0 Å². The lowest BCUT2D eigenvalue weighted by Crippen LogP contribution is -2.00. The van der Waals surface area contributed by atoms with Gasteiger partial charge in [-0.1, -0.05) is 39.8 Å². The third-order valence-electron chi connectivity index (χ3n) is 3.33. The maximum Gasteiger partial charge on any atom is 0.223 e. The molecule has 26 heavy (non-hydrogen) atoms. The lowest BCUT2D eigenvalue weighted by atomic mass is 10.2. The van der Waals surface area contributed by atoms with Crippen LogP contribution in [0.15, 0.2) is 42.2 Å². The number of aromatic amines is 1. The predicted octanol–water partition coefficient (Wildman–Crippen LogP) is 5.19. The van der Waals surface area contributed by atoms with E-state index in [2.05, 4.69) is 15.0 Å². The number of benzene rings is 1. The van der Waals surface area contributed by atoms with E-state index in [0.717, 1.165) is 22.0 Å². The number of H-pyrrole nitrogens is 1. The van der Waals surface area contributed by atoms with Crippen molar-refractivity contribution in [1.82, 2.24) is 15.0 Å². The van der Waals surface area contributed by atoms with Gasteiger partial charge in [-0.05, 0) is 38.1 Å². The van der Waals surface area contributed by atoms with Crippen LogP contribution in [0.4, 0.5) is 11.8 Å². The van der Waals surface area contributed by atoms with Crippen LogP contribution >= 0.6 is 0 Å². The van der Waals surface area contributed by atoms with Gasteiger partial charge in [0, 0.05) is 0 Å². The molecule has 2 aromatic heterocycles. The van der Waals surface area contributed by atoms with Crippen molar-refractivity contribution in [2.24, 2.45) is 0 Å². The van der Waals surface area contributed by atoms with Crippen LogP contribution in [0.1, 0.15) is 41.5 Å². The first kappa shape index (κ1) is 21.0. The SMILES string of the molecule is C/C=C\C(=C/C)Oc1cccc2[nH]c3nc(N)nc(N)c3c12.CC.CC. The molecular weight excluding hydrogens is 326 g/mol. The van der Waals surface area contributed by atoms with Crippen LogP contribution in [-0.2, 0) is 0 Å². The van der Waals surface area contributed by atoms with E-state index in [1.54, 1.807) is 0 Å². The van der Waals surface area contributed by atoms with Crippen molar-refractivity contribution in [3.63, 3.8) is 0 Å². The summed E-state index contributed by atoms with van der Waals surface area (Å²) >= 11 is 0. The van der Waals surface area contributed by atoms with Crippen molar-refractivity contribution in [2.75, 3.05) is 11.5 Å². The Kier molecular flexibility index (Phi) is 8.15. The van der Waals surface area contributed by atoms with Crippen LogP contribution in [-0.4, -0.2) is 15.0 Å². The molecule has 0 unspecified atom stereocenters. The molecule has 3 rings (SSSR count). The Morgan fingerprint density at radius 3 is 2.35 bits per heavy atom. The molecule has 0 aliphatic rings. The van der Waals surface area contributed by atoms with E-state index < -0.39 is 0 Å². The van der Waals surface area contributed by atoms with Gasteiger partial charge in [0.25, 0.3) is 0 Å². The molecular formula is C20H29N5O. The molecule has 0 atom stereocenters. The molecule has 6 nitrogen and oxygen atoms in total. The summed E-state index contributed by atoms with van der Waals surface area (Å²) in [6, 6.07) is 5.73. The normalized spacial score (nSPS) is 11.1. The Balaban J connectivity index is 0.000000791. The van der Waals surface area contributed by atoms with Gasteiger partial charge < -0.3 is 21.2 Å². The Morgan fingerprint density at radius 1 is 1.04 bits per heavy atom. The fraction of sp³-hybridized carbons (Fsp3) is 0.300. The standard InChI is InChI=1S/C16H17N5O.2C2H6/c1-3-6-9(4-2)22-11-8-5-7-10-12(11)13-14(17)20-16(18)21-15(13)19-10;2*1-2/h3-8H,1-2H3,(H5,17,18,19,20,21);2*1-2H3/b6-3-,9-4+;;. The van der Waals surface area contributed by atoms with Crippen molar-refractivity contribution in [2.45, 2.75) is 41.5 Å². The van der Waals surface area contributed by atoms with E-state index in [1.807, 2.05) is 78.0 Å². The van der Waals surface area contributed by atoms with Gasteiger partial charge in [-0.15, -0.1) is 0 Å². The lowest BCUT2D eigenvalue weighted by Gasteiger charge is -2.08. The molecule has 5 N–H and O–H groups in total. The summed E-state index contributed by atoms with van der Waals surface area (Å²) in [6.07, 6.45) is 5.71. The first-order valence-electron chi connectivity index (χ1n) is 8.94. The molecule has 0 spiro atoms. The molecule has 1 aromatic carbocycles. The number of hydrogen-bond acceptors (Lipinski definition) is 5. The monoisotopic (exact) mass is 355 g/mol. The minimum absolute atomic E-state index is 0.141. The third-order valence-corrected chi connectivity index (χ3v) is 3.33. The number of nitrogens with one attached hydrogen (secondary N) is 1. The van der Waals surface area contributed by atoms with Gasteiger partial charge in [0.2, 0.25) is 5.95 Å². The molecule has 3 aromatic rings. The van der Waals surface area contributed by atoms with E-state index in [0.29, 0.717) is 17.2 Å². The molecule has 0 fully saturated rings. The van der Waals surface area contributed by atoms with E-state index in [4.69, 9.17) is 16.2 Å². The van der Waals surface area contributed by atoms with E-state index in [-0.39, 0.29) is 5.95 Å². The van der Waals surface area contributed by atoms with E-state index in [9.17, 15) is 0 Å². The molecule has 0 saturated heterocycles. The number of ether oxygens (including phenoxy) is 1. The van der Waals surface area contributed by atoms with Crippen LogP contribution in [0.2, 0.25) is 0 Å². The van der Waals surface area contributed by atoms with Crippen molar-refractivity contribution >= 4 is 33.7 Å². The Morgan fingerprint density at radius 2 is 1.73 bits per heavy atom. The maximum atomic E-state index is 6.02. The number of fused-ring (bicyclic) bond motifs is 3. The fourth-order valence-corrected chi connectivity index (χ4v) is 2.42. The van der Waals surface area contributed by atoms with Crippen molar-refractivity contribution in [3.8, 4) is 5.75 Å². The number of hydrogen-bond donors (Lipinski definition) is 3. The van der Waals surface area contributed by atoms with Crippen LogP contribution in [0.3, 0.4) is 0 Å². The number of nitrogen functional groups attached to an aromatic ring is 2. The van der Waals surface area contributed by atoms with E-state index in [1.165, 1.54) is 0 Å². The Bertz CT molecular complexity index is 909. The maximum absolute atomic E-state index is 6.02. The summed E-state index contributed by atoms with van der Waals surface area (Å²) in [5.41, 5.74) is 13.1. The van der Waals surface area contributed by atoms with E-state index >= 15 is 0 Å². The molecule has 6 heteroatoms. The fourth-order valence-electron chi connectivity index (χ4n) is 2.42. The van der Waals surface area contributed by atoms with Gasteiger partial charge in [-0.3, -0.25) is 0 Å². The summed E-state index contributed by atoms with van der Waals surface area (Å²) in [5, 5.41) is 1.56. The molecule has 0 amide bonds. The molecule has 0 aliphatic heterocycles. The highest BCUT2D eigenvalue weighted by Gasteiger charge is 2.15. The number of nitrogens with zero attached hydrogens (tertiary/aromatic N) is 2. The highest BCUT2D eigenvalue weighted by atomic mass is 16.5. The number of rotatable bonds is 3. The van der Waals surface area contributed by atoms with Crippen molar-refractivity contribution < 1.29 is 4.74 Å². The number of nitrogens with two attached hydrogens (primary N) is 2. The summed E-state index contributed by atoms with van der Waals surface area (Å²) in [5.74, 6) is 1.91. The van der Waals surface area contributed by atoms with Gasteiger partial charge in [-0.25, -0.2) is 0 Å². The molecule has 0 bridgehead atoms. The molecule has 0 saturated carbocycles. The minimum atomic E-state index is 0.141. The van der Waals surface area contributed by atoms with Crippen LogP contribution in [0.25, 0.3) is 21.9 Å². The van der Waals surface area contributed by atoms with Gasteiger partial charge in [-0.2, -0.15) is 9.97 Å². The average molecular weight is 355 g/mol. The summed E-state index contributed by atoms with van der Waals surface area (Å²) in [7, 11) is 0. The largest absolute Gasteiger partial charge is 0.457 e. The second kappa shape index (κ2) is 10.1. The van der Waals surface area contributed by atoms with Gasteiger partial charge in [0.05, 0.1) is 16.3 Å². The van der Waals surface area contributed by atoms with Crippen LogP contribution in [0, 0.1) is 0 Å². The second-order valence-corrected chi connectivity index (χ2v) is 4.79. The molecule has 0 radical (unpaired) electrons. The topological polar surface area (TPSA) is 103 Å². The average Bonchev–Trinajstić information content (AvgIpc) is 3.04. The quantitative estimate of drug-likeness (QED) is 0.443. The second-order valence-electron chi connectivity index (χ2n) is 4.79. The van der Waals surface area contributed by atoms with Crippen molar-refractivity contribution in [3.05, 3.63) is 42.2 Å². The Hall–Kier alpha value is -3.02. The third kappa shape index (κ3) is 4.33. The summed E-state index contributed by atoms with van der Waals surface area (Å²) < 4.78 is 5.98. The summed E-state index contributed by atoms with van der Waals surface area (Å²) in [4.78, 5) is 11.4. The molecule has 140 valence electrons. The molecule has 0 aliphatic carbocycles. The zero-order valence-corrected chi connectivity index (χ0v) is 16.4. The van der Waals surface area contributed by atoms with Gasteiger partial charge >= 0.3 is 0 Å². The van der Waals surface area contributed by atoms with Gasteiger partial charge in [0.1, 0.15) is 23.0 Å². The summed E-state index contributed by atoms with van der Waals surface area (Å²) in [6.45, 7) is 11.9. The first-order valence-corrected chi connectivity index (χ1v) is 8.94. The molecule has 2 heterocycles. The predicted molar refractivity (Wildman–Crippen MR) is 112 cm³/mol. The zero-order valence-electron chi connectivity index (χ0n) is 16.4. The van der Waals surface area contributed by atoms with Crippen LogP contribution in [0.5, 0.6) is 5.75 Å². The van der Waals surface area contributed by atoms with Crippen LogP contribution < -0.4 is 16.2 Å². The number of allylic oxidation sites excluding steroid dienone is 3. The minimum Gasteiger partial charge on any atom is -0.457 e. The zero-order chi connectivity index (χ0) is 19.7. The number of anilines is 2. The Labute approximate surface area is 155 Å². The smallest absolute Gasteiger partial charge is 0.223 e. The first-order chi connectivity index (χ1) is 12.6. The van der Waals surface area contributed by atoms with Gasteiger partial charge in [0.15, 0.2) is 0 Å². The highest BCUT2D eigenvalue weighted by molar-refractivity contribution is 6.13. The highest BCUT2D eigenvalue weighted by Crippen LogP contribution is 2.36.